The Morgan fingerprint density at radius 1 is 0.964 bits per heavy atom. The maximum absolute atomic E-state index is 12.7. The molecule has 0 amide bonds. The minimum atomic E-state index is 0.136. The molecule has 2 aromatic carbocycles. The smallest absolute Gasteiger partial charge is 0.166 e. The van der Waals surface area contributed by atoms with Gasteiger partial charge in [-0.3, -0.25) is 14.7 Å². The molecule has 0 radical (unpaired) electrons. The highest BCUT2D eigenvalue weighted by molar-refractivity contribution is 6.30. The van der Waals surface area contributed by atoms with Gasteiger partial charge in [-0.15, -0.1) is 0 Å². The lowest BCUT2D eigenvalue weighted by Crippen LogP contribution is -2.36. The highest BCUT2D eigenvalue weighted by Gasteiger charge is 2.25. The average Bonchev–Trinajstić information content (AvgIpc) is 2.75. The number of likely N-dealkylation sites (tertiary alicyclic amines) is 1. The van der Waals surface area contributed by atoms with Crippen LogP contribution in [0.1, 0.15) is 28.8 Å². The van der Waals surface area contributed by atoms with Crippen molar-refractivity contribution in [3.63, 3.8) is 0 Å². The Balaban J connectivity index is 1.37. The first-order valence-corrected chi connectivity index (χ1v) is 10.1. The van der Waals surface area contributed by atoms with Crippen LogP contribution in [0, 0.1) is 5.92 Å². The van der Waals surface area contributed by atoms with Crippen molar-refractivity contribution in [2.75, 3.05) is 13.1 Å². The summed E-state index contributed by atoms with van der Waals surface area (Å²) in [7, 11) is 0. The predicted octanol–water partition coefficient (Wildman–Crippen LogP) is 5.50. The summed E-state index contributed by atoms with van der Waals surface area (Å²) in [6.07, 6.45) is 5.65. The van der Waals surface area contributed by atoms with Crippen LogP contribution in [-0.2, 0) is 6.54 Å². The number of piperidine rings is 1. The molecule has 1 aliphatic rings. The van der Waals surface area contributed by atoms with Gasteiger partial charge in [-0.2, -0.15) is 0 Å². The van der Waals surface area contributed by atoms with Gasteiger partial charge in [0.25, 0.3) is 0 Å². The number of hydrogen-bond acceptors (Lipinski definition) is 3. The zero-order chi connectivity index (χ0) is 19.3. The minimum absolute atomic E-state index is 0.136. The van der Waals surface area contributed by atoms with Gasteiger partial charge in [0.15, 0.2) is 5.78 Å². The molecule has 3 aromatic rings. The van der Waals surface area contributed by atoms with Crippen molar-refractivity contribution in [3.8, 4) is 11.1 Å². The molecule has 0 atom stereocenters. The Hall–Kier alpha value is -2.49. The minimum Gasteiger partial charge on any atom is -0.299 e. The quantitative estimate of drug-likeness (QED) is 0.539. The molecule has 4 heteroatoms. The first-order chi connectivity index (χ1) is 13.7. The standard InChI is InChI=1S/C24H23ClN2O/c25-23-8-6-19(7-9-23)22-14-18(15-26-16-22)17-27-12-10-21(11-13-27)24(28)20-4-2-1-3-5-20/h1-9,14-16,21H,10-13,17H2. The van der Waals surface area contributed by atoms with Crippen LogP contribution in [-0.4, -0.2) is 28.8 Å². The Labute approximate surface area is 171 Å². The number of carbonyl (C=O) groups excluding carboxylic acids is 1. The second-order valence-corrected chi connectivity index (χ2v) is 7.81. The van der Waals surface area contributed by atoms with Crippen molar-refractivity contribution in [2.24, 2.45) is 5.92 Å². The van der Waals surface area contributed by atoms with Crippen LogP contribution in [0.5, 0.6) is 0 Å². The van der Waals surface area contributed by atoms with E-state index in [9.17, 15) is 4.79 Å². The highest BCUT2D eigenvalue weighted by atomic mass is 35.5. The van der Waals surface area contributed by atoms with Crippen LogP contribution >= 0.6 is 11.6 Å². The van der Waals surface area contributed by atoms with Gasteiger partial charge >= 0.3 is 0 Å². The van der Waals surface area contributed by atoms with Gasteiger partial charge in [-0.1, -0.05) is 54.1 Å². The van der Waals surface area contributed by atoms with Crippen LogP contribution in [0.4, 0.5) is 0 Å². The molecule has 1 saturated heterocycles. The fraction of sp³-hybridized carbons (Fsp3) is 0.250. The zero-order valence-electron chi connectivity index (χ0n) is 15.7. The van der Waals surface area contributed by atoms with Gasteiger partial charge in [0.1, 0.15) is 0 Å². The van der Waals surface area contributed by atoms with Crippen molar-refractivity contribution in [3.05, 3.63) is 89.2 Å². The van der Waals surface area contributed by atoms with E-state index in [1.807, 2.05) is 67.0 Å². The lowest BCUT2D eigenvalue weighted by Gasteiger charge is -2.31. The number of ketones is 1. The van der Waals surface area contributed by atoms with Crippen molar-refractivity contribution in [1.82, 2.24) is 9.88 Å². The summed E-state index contributed by atoms with van der Waals surface area (Å²) in [6, 6.07) is 19.7. The molecule has 4 rings (SSSR count). The highest BCUT2D eigenvalue weighted by Crippen LogP contribution is 2.25. The van der Waals surface area contributed by atoms with Gasteiger partial charge in [0, 0.05) is 41.0 Å². The number of hydrogen-bond donors (Lipinski definition) is 0. The fourth-order valence-electron chi connectivity index (χ4n) is 3.82. The molecule has 142 valence electrons. The van der Waals surface area contributed by atoms with Gasteiger partial charge in [-0.05, 0) is 55.3 Å². The monoisotopic (exact) mass is 390 g/mol. The molecule has 2 heterocycles. The number of carbonyl (C=O) groups is 1. The van der Waals surface area contributed by atoms with Crippen molar-refractivity contribution in [2.45, 2.75) is 19.4 Å². The van der Waals surface area contributed by atoms with E-state index in [0.29, 0.717) is 0 Å². The average molecular weight is 391 g/mol. The number of halogens is 1. The first kappa shape index (κ1) is 18.9. The molecule has 1 fully saturated rings. The van der Waals surface area contributed by atoms with E-state index in [-0.39, 0.29) is 11.7 Å². The van der Waals surface area contributed by atoms with Crippen LogP contribution in [0.15, 0.2) is 73.1 Å². The van der Waals surface area contributed by atoms with Gasteiger partial charge < -0.3 is 0 Å². The van der Waals surface area contributed by atoms with Crippen molar-refractivity contribution < 1.29 is 4.79 Å². The van der Waals surface area contributed by atoms with Gasteiger partial charge in [-0.25, -0.2) is 0 Å². The van der Waals surface area contributed by atoms with E-state index in [1.54, 1.807) is 0 Å². The molecule has 1 aliphatic heterocycles. The summed E-state index contributed by atoms with van der Waals surface area (Å²) in [5.41, 5.74) is 4.25. The number of benzene rings is 2. The molecule has 28 heavy (non-hydrogen) atoms. The van der Waals surface area contributed by atoms with E-state index < -0.39 is 0 Å². The van der Waals surface area contributed by atoms with E-state index in [4.69, 9.17) is 11.6 Å². The third kappa shape index (κ3) is 4.49. The summed E-state index contributed by atoms with van der Waals surface area (Å²) in [5.74, 6) is 0.420. The molecule has 0 unspecified atom stereocenters. The zero-order valence-corrected chi connectivity index (χ0v) is 16.5. The fourth-order valence-corrected chi connectivity index (χ4v) is 3.95. The van der Waals surface area contributed by atoms with Crippen molar-refractivity contribution >= 4 is 17.4 Å². The summed E-state index contributed by atoms with van der Waals surface area (Å²) < 4.78 is 0. The predicted molar refractivity (Wildman–Crippen MR) is 113 cm³/mol. The number of Topliss-reactive ketones (excluding diaryl/α,β-unsaturated/α-hetero) is 1. The number of rotatable bonds is 5. The summed E-state index contributed by atoms with van der Waals surface area (Å²) in [4.78, 5) is 19.5. The summed E-state index contributed by atoms with van der Waals surface area (Å²) in [6.45, 7) is 2.74. The van der Waals surface area contributed by atoms with E-state index in [2.05, 4.69) is 16.0 Å². The third-order valence-electron chi connectivity index (χ3n) is 5.40. The van der Waals surface area contributed by atoms with Gasteiger partial charge in [0.2, 0.25) is 0 Å². The lowest BCUT2D eigenvalue weighted by molar-refractivity contribution is 0.0835. The maximum Gasteiger partial charge on any atom is 0.166 e. The Morgan fingerprint density at radius 2 is 1.68 bits per heavy atom. The topological polar surface area (TPSA) is 33.2 Å². The summed E-state index contributed by atoms with van der Waals surface area (Å²) in [5, 5.41) is 0.737. The molecular weight excluding hydrogens is 368 g/mol. The molecule has 1 aromatic heterocycles. The second kappa shape index (κ2) is 8.68. The lowest BCUT2D eigenvalue weighted by atomic mass is 9.89. The largest absolute Gasteiger partial charge is 0.299 e. The molecule has 0 bridgehead atoms. The van der Waals surface area contributed by atoms with E-state index in [0.717, 1.165) is 54.2 Å². The summed E-state index contributed by atoms with van der Waals surface area (Å²) >= 11 is 5.99. The van der Waals surface area contributed by atoms with Crippen molar-refractivity contribution in [1.29, 1.82) is 0 Å². The SMILES string of the molecule is O=C(c1ccccc1)C1CCN(Cc2cncc(-c3ccc(Cl)cc3)c2)CC1. The second-order valence-electron chi connectivity index (χ2n) is 7.37. The Kier molecular flexibility index (Phi) is 5.84. The molecule has 0 aliphatic carbocycles. The van der Waals surface area contributed by atoms with Crippen LogP contribution in [0.3, 0.4) is 0 Å². The number of nitrogens with zero attached hydrogens (tertiary/aromatic N) is 2. The maximum atomic E-state index is 12.7. The molecular formula is C24H23ClN2O. The Bertz CT molecular complexity index is 932. The molecule has 0 spiro atoms. The van der Waals surface area contributed by atoms with Gasteiger partial charge in [0.05, 0.1) is 0 Å². The first-order valence-electron chi connectivity index (χ1n) is 9.70. The number of pyridine rings is 1. The van der Waals surface area contributed by atoms with Crippen LogP contribution < -0.4 is 0 Å². The Morgan fingerprint density at radius 3 is 2.39 bits per heavy atom. The van der Waals surface area contributed by atoms with E-state index in [1.165, 1.54) is 5.56 Å². The van der Waals surface area contributed by atoms with Crippen LogP contribution in [0.2, 0.25) is 5.02 Å². The normalized spacial score (nSPS) is 15.5. The van der Waals surface area contributed by atoms with E-state index >= 15 is 0 Å². The molecule has 0 N–H and O–H groups in total. The molecule has 3 nitrogen and oxygen atoms in total. The third-order valence-corrected chi connectivity index (χ3v) is 5.65. The number of aromatic nitrogens is 1. The molecule has 0 saturated carbocycles. The van der Waals surface area contributed by atoms with Crippen LogP contribution in [0.25, 0.3) is 11.1 Å².